The third kappa shape index (κ3) is 5.33. The maximum Gasteiger partial charge on any atom is 0.266 e. The Hall–Kier alpha value is -3.82. The molecule has 9 heteroatoms. The van der Waals surface area contributed by atoms with Crippen molar-refractivity contribution in [1.29, 1.82) is 0 Å². The molecule has 3 aromatic carbocycles. The Balaban J connectivity index is 1.58. The molecule has 0 atom stereocenters. The molecule has 0 spiro atoms. The molecular formula is C28H27N3O5S. The van der Waals surface area contributed by atoms with Crippen LogP contribution in [0.3, 0.4) is 0 Å². The van der Waals surface area contributed by atoms with Crippen molar-refractivity contribution in [2.75, 3.05) is 40.5 Å². The smallest absolute Gasteiger partial charge is 0.266 e. The van der Waals surface area contributed by atoms with E-state index in [9.17, 15) is 9.59 Å². The van der Waals surface area contributed by atoms with E-state index < -0.39 is 0 Å². The average molecular weight is 518 g/mol. The molecule has 0 N–H and O–H groups in total. The number of nitrogens with zero attached hydrogens (tertiary/aromatic N) is 3. The second-order valence-corrected chi connectivity index (χ2v) is 9.46. The predicted molar refractivity (Wildman–Crippen MR) is 143 cm³/mol. The van der Waals surface area contributed by atoms with Crippen molar-refractivity contribution in [3.8, 4) is 17.2 Å². The summed E-state index contributed by atoms with van der Waals surface area (Å²) in [5.74, 6) is 1.89. The van der Waals surface area contributed by atoms with Crippen molar-refractivity contribution in [3.05, 3.63) is 88.2 Å². The van der Waals surface area contributed by atoms with Crippen LogP contribution in [0.15, 0.2) is 76.7 Å². The van der Waals surface area contributed by atoms with E-state index in [2.05, 4.69) is 0 Å². The monoisotopic (exact) mass is 517 g/mol. The molecule has 37 heavy (non-hydrogen) atoms. The normalized spacial score (nSPS) is 13.5. The Bertz CT molecular complexity index is 1500. The van der Waals surface area contributed by atoms with E-state index in [0.29, 0.717) is 65.1 Å². The van der Waals surface area contributed by atoms with Crippen LogP contribution >= 0.6 is 11.8 Å². The average Bonchev–Trinajstić information content (AvgIpc) is 2.96. The van der Waals surface area contributed by atoms with Gasteiger partial charge in [0.05, 0.1) is 44.0 Å². The molecule has 0 aliphatic carbocycles. The number of morpholine rings is 1. The Kier molecular flexibility index (Phi) is 7.43. The fourth-order valence-electron chi connectivity index (χ4n) is 4.23. The first-order valence-corrected chi connectivity index (χ1v) is 12.9. The quantitative estimate of drug-likeness (QED) is 0.269. The number of benzene rings is 3. The Labute approximate surface area is 218 Å². The largest absolute Gasteiger partial charge is 0.497 e. The second kappa shape index (κ2) is 11.1. The number of hydrogen-bond donors (Lipinski definition) is 0. The van der Waals surface area contributed by atoms with Gasteiger partial charge in [-0.3, -0.25) is 14.2 Å². The lowest BCUT2D eigenvalue weighted by Crippen LogP contribution is -2.40. The fourth-order valence-corrected chi connectivity index (χ4v) is 5.19. The first-order chi connectivity index (χ1) is 18.1. The highest BCUT2D eigenvalue weighted by Crippen LogP contribution is 2.27. The molecule has 0 radical (unpaired) electrons. The lowest BCUT2D eigenvalue weighted by atomic mass is 10.1. The molecule has 0 bridgehead atoms. The molecule has 5 rings (SSSR count). The van der Waals surface area contributed by atoms with Gasteiger partial charge in [-0.2, -0.15) is 0 Å². The van der Waals surface area contributed by atoms with Crippen molar-refractivity contribution in [3.63, 3.8) is 0 Å². The molecule has 1 aliphatic heterocycles. The van der Waals surface area contributed by atoms with Gasteiger partial charge in [0, 0.05) is 30.5 Å². The number of aromatic nitrogens is 2. The highest BCUT2D eigenvalue weighted by Gasteiger charge is 2.21. The minimum Gasteiger partial charge on any atom is -0.497 e. The van der Waals surface area contributed by atoms with Crippen molar-refractivity contribution in [2.45, 2.75) is 10.9 Å². The van der Waals surface area contributed by atoms with Gasteiger partial charge in [0.25, 0.3) is 11.5 Å². The molecule has 4 aromatic rings. The molecule has 1 amide bonds. The summed E-state index contributed by atoms with van der Waals surface area (Å²) < 4.78 is 17.7. The highest BCUT2D eigenvalue weighted by molar-refractivity contribution is 7.98. The minimum atomic E-state index is -0.211. The van der Waals surface area contributed by atoms with Crippen molar-refractivity contribution < 1.29 is 19.0 Å². The molecule has 0 saturated carbocycles. The molecular weight excluding hydrogens is 490 g/mol. The predicted octanol–water partition coefficient (Wildman–Crippen LogP) is 4.17. The summed E-state index contributed by atoms with van der Waals surface area (Å²) >= 11 is 1.44. The third-order valence-electron chi connectivity index (χ3n) is 6.20. The molecule has 2 heterocycles. The van der Waals surface area contributed by atoms with Gasteiger partial charge in [-0.25, -0.2) is 4.98 Å². The minimum absolute atomic E-state index is 0.0884. The van der Waals surface area contributed by atoms with E-state index >= 15 is 0 Å². The SMILES string of the molecule is COc1cccc(CSc2nc3cc(C(=O)N4CCOCC4)ccc3c(=O)n2-c2cccc(OC)c2)c1. The topological polar surface area (TPSA) is 82.9 Å². The summed E-state index contributed by atoms with van der Waals surface area (Å²) in [5, 5.41) is 0.955. The molecule has 1 fully saturated rings. The maximum atomic E-state index is 13.8. The number of ether oxygens (including phenoxy) is 3. The summed E-state index contributed by atoms with van der Waals surface area (Å²) in [4.78, 5) is 33.5. The van der Waals surface area contributed by atoms with Gasteiger partial charge < -0.3 is 19.1 Å². The van der Waals surface area contributed by atoms with Gasteiger partial charge in [0.15, 0.2) is 5.16 Å². The summed E-state index contributed by atoms with van der Waals surface area (Å²) in [7, 11) is 3.22. The number of carbonyl (C=O) groups excluding carboxylic acids is 1. The molecule has 1 saturated heterocycles. The van der Waals surface area contributed by atoms with Crippen LogP contribution in [0.25, 0.3) is 16.6 Å². The van der Waals surface area contributed by atoms with Crippen LogP contribution in [-0.4, -0.2) is 60.9 Å². The number of thioether (sulfide) groups is 1. The number of carbonyl (C=O) groups is 1. The summed E-state index contributed by atoms with van der Waals surface area (Å²) in [6, 6.07) is 20.2. The Morgan fingerprint density at radius 2 is 1.70 bits per heavy atom. The Morgan fingerprint density at radius 1 is 0.973 bits per heavy atom. The van der Waals surface area contributed by atoms with E-state index in [1.807, 2.05) is 42.5 Å². The van der Waals surface area contributed by atoms with Gasteiger partial charge in [-0.05, 0) is 48.0 Å². The maximum absolute atomic E-state index is 13.8. The molecule has 8 nitrogen and oxygen atoms in total. The highest BCUT2D eigenvalue weighted by atomic mass is 32.2. The standard InChI is InChI=1S/C28H27N3O5S/c1-34-22-7-3-5-19(15-22)18-37-28-29-25-16-20(26(32)30-11-13-36-14-12-30)9-10-24(25)27(33)31(28)21-6-4-8-23(17-21)35-2/h3-10,15-17H,11-14,18H2,1-2H3. The number of amides is 1. The zero-order chi connectivity index (χ0) is 25.8. The lowest BCUT2D eigenvalue weighted by molar-refractivity contribution is 0.0303. The van der Waals surface area contributed by atoms with Crippen LogP contribution in [-0.2, 0) is 10.5 Å². The molecule has 1 aromatic heterocycles. The zero-order valence-electron chi connectivity index (χ0n) is 20.7. The van der Waals surface area contributed by atoms with E-state index in [4.69, 9.17) is 19.2 Å². The van der Waals surface area contributed by atoms with Gasteiger partial charge in [-0.1, -0.05) is 30.0 Å². The Morgan fingerprint density at radius 3 is 2.46 bits per heavy atom. The van der Waals surface area contributed by atoms with E-state index in [0.717, 1.165) is 11.3 Å². The van der Waals surface area contributed by atoms with Crippen LogP contribution in [0.1, 0.15) is 15.9 Å². The summed E-state index contributed by atoms with van der Waals surface area (Å²) in [6.07, 6.45) is 0. The lowest BCUT2D eigenvalue weighted by Gasteiger charge is -2.26. The van der Waals surface area contributed by atoms with Gasteiger partial charge in [0.2, 0.25) is 0 Å². The van der Waals surface area contributed by atoms with Crippen LogP contribution < -0.4 is 15.0 Å². The van der Waals surface area contributed by atoms with Crippen molar-refractivity contribution >= 4 is 28.6 Å². The first-order valence-electron chi connectivity index (χ1n) is 11.9. The number of fused-ring (bicyclic) bond motifs is 1. The number of rotatable bonds is 7. The van der Waals surface area contributed by atoms with Gasteiger partial charge in [-0.15, -0.1) is 0 Å². The van der Waals surface area contributed by atoms with Gasteiger partial charge in [0.1, 0.15) is 11.5 Å². The van der Waals surface area contributed by atoms with Gasteiger partial charge >= 0.3 is 0 Å². The van der Waals surface area contributed by atoms with Crippen LogP contribution in [0, 0.1) is 0 Å². The van der Waals surface area contributed by atoms with Crippen molar-refractivity contribution in [2.24, 2.45) is 0 Å². The second-order valence-electron chi connectivity index (χ2n) is 8.51. The fraction of sp³-hybridized carbons (Fsp3) is 0.250. The number of methoxy groups -OCH3 is 2. The summed E-state index contributed by atoms with van der Waals surface area (Å²) in [5.41, 5.74) is 2.46. The zero-order valence-corrected chi connectivity index (χ0v) is 21.5. The van der Waals surface area contributed by atoms with Crippen LogP contribution in [0.5, 0.6) is 11.5 Å². The van der Waals surface area contributed by atoms with Crippen LogP contribution in [0.4, 0.5) is 0 Å². The van der Waals surface area contributed by atoms with E-state index in [1.165, 1.54) is 11.8 Å². The van der Waals surface area contributed by atoms with Crippen LogP contribution in [0.2, 0.25) is 0 Å². The number of hydrogen-bond acceptors (Lipinski definition) is 7. The van der Waals surface area contributed by atoms with Crippen molar-refractivity contribution in [1.82, 2.24) is 14.5 Å². The molecule has 0 unspecified atom stereocenters. The molecule has 1 aliphatic rings. The summed E-state index contributed by atoms with van der Waals surface area (Å²) in [6.45, 7) is 2.13. The van der Waals surface area contributed by atoms with E-state index in [1.54, 1.807) is 48.0 Å². The van der Waals surface area contributed by atoms with E-state index in [-0.39, 0.29) is 11.5 Å². The third-order valence-corrected chi connectivity index (χ3v) is 7.21. The molecule has 190 valence electrons. The first kappa shape index (κ1) is 24.9.